The normalized spacial score (nSPS) is 20.8. The molecule has 3 rings (SSSR count). The lowest BCUT2D eigenvalue weighted by molar-refractivity contribution is -0.159. The van der Waals surface area contributed by atoms with E-state index in [0.717, 1.165) is 50.7 Å². The summed E-state index contributed by atoms with van der Waals surface area (Å²) in [7, 11) is 1.70. The zero-order valence-corrected chi connectivity index (χ0v) is 15.1. The summed E-state index contributed by atoms with van der Waals surface area (Å²) in [5.41, 5.74) is 0.775. The third-order valence-electron chi connectivity index (χ3n) is 5.18. The molecule has 0 bridgehead atoms. The minimum atomic E-state index is -4.75. The third kappa shape index (κ3) is 4.86. The Hall–Kier alpha value is -1.96. The third-order valence-corrected chi connectivity index (χ3v) is 5.18. The van der Waals surface area contributed by atoms with E-state index in [2.05, 4.69) is 14.7 Å². The molecule has 1 saturated carbocycles. The highest BCUT2D eigenvalue weighted by Gasteiger charge is 2.38. The lowest BCUT2D eigenvalue weighted by Crippen LogP contribution is -2.14. The van der Waals surface area contributed by atoms with Crippen molar-refractivity contribution in [3.8, 4) is 11.4 Å². The van der Waals surface area contributed by atoms with Crippen molar-refractivity contribution >= 4 is 0 Å². The van der Waals surface area contributed by atoms with Crippen molar-refractivity contribution < 1.29 is 26.8 Å². The molecule has 0 spiro atoms. The Morgan fingerprint density at radius 3 is 2.52 bits per heavy atom. The summed E-state index contributed by atoms with van der Waals surface area (Å²) in [6, 6.07) is 4.56. The van der Waals surface area contributed by atoms with Gasteiger partial charge in [0.15, 0.2) is 0 Å². The molecule has 0 amide bonds. The summed E-state index contributed by atoms with van der Waals surface area (Å²) >= 11 is 0. The summed E-state index contributed by atoms with van der Waals surface area (Å²) in [6.45, 7) is 0.777. The first-order valence-corrected chi connectivity index (χ1v) is 9.08. The van der Waals surface area contributed by atoms with Gasteiger partial charge >= 0.3 is 12.1 Å². The first-order chi connectivity index (χ1) is 12.9. The minimum absolute atomic E-state index is 0.0914. The Morgan fingerprint density at radius 1 is 1.19 bits per heavy atom. The summed E-state index contributed by atoms with van der Waals surface area (Å²) in [4.78, 5) is 3.25. The van der Waals surface area contributed by atoms with Gasteiger partial charge in [-0.25, -0.2) is 4.39 Å². The molecule has 148 valence electrons. The second-order valence-corrected chi connectivity index (χ2v) is 7.01. The van der Waals surface area contributed by atoms with Crippen molar-refractivity contribution in [3.63, 3.8) is 0 Å². The van der Waals surface area contributed by atoms with Crippen LogP contribution >= 0.6 is 0 Å². The number of benzene rings is 1. The Morgan fingerprint density at radius 2 is 1.93 bits per heavy atom. The molecule has 1 fully saturated rings. The lowest BCUT2D eigenvalue weighted by Gasteiger charge is -2.29. The molecule has 1 heterocycles. The van der Waals surface area contributed by atoms with Gasteiger partial charge in [0, 0.05) is 13.7 Å². The maximum Gasteiger partial charge on any atom is 0.471 e. The minimum Gasteiger partial charge on any atom is -0.385 e. The van der Waals surface area contributed by atoms with Gasteiger partial charge in [-0.05, 0) is 68.1 Å². The van der Waals surface area contributed by atoms with Gasteiger partial charge in [0.25, 0.3) is 0 Å². The van der Waals surface area contributed by atoms with E-state index in [9.17, 15) is 17.6 Å². The molecule has 0 aliphatic heterocycles. The first-order valence-electron chi connectivity index (χ1n) is 9.08. The molecule has 0 atom stereocenters. The Bertz CT molecular complexity index is 752. The molecule has 0 N–H and O–H groups in total. The fourth-order valence-corrected chi connectivity index (χ4v) is 3.72. The standard InChI is InChI=1S/C19H22F4N2O2/c1-26-10-2-3-12-4-6-13(7-5-12)14-8-9-15(16(20)11-14)17-24-18(27-25-17)19(21,22)23/h8-9,11-13H,2-7,10H2,1H3. The highest BCUT2D eigenvalue weighted by molar-refractivity contribution is 5.56. The second-order valence-electron chi connectivity index (χ2n) is 7.01. The van der Waals surface area contributed by atoms with Gasteiger partial charge in [0.05, 0.1) is 5.56 Å². The summed E-state index contributed by atoms with van der Waals surface area (Å²) in [6.07, 6.45) is 1.61. The number of aromatic nitrogens is 2. The number of nitrogens with zero attached hydrogens (tertiary/aromatic N) is 2. The number of rotatable bonds is 6. The zero-order chi connectivity index (χ0) is 19.4. The van der Waals surface area contributed by atoms with Crippen LogP contribution in [0, 0.1) is 11.7 Å². The fourth-order valence-electron chi connectivity index (χ4n) is 3.72. The number of alkyl halides is 3. The first kappa shape index (κ1) is 19.8. The molecule has 1 aromatic heterocycles. The van der Waals surface area contributed by atoms with Crippen LogP contribution in [0.3, 0.4) is 0 Å². The molecule has 1 aliphatic rings. The zero-order valence-electron chi connectivity index (χ0n) is 15.1. The van der Waals surface area contributed by atoms with E-state index in [0.29, 0.717) is 5.92 Å². The largest absolute Gasteiger partial charge is 0.471 e. The van der Waals surface area contributed by atoms with Crippen molar-refractivity contribution in [2.75, 3.05) is 13.7 Å². The molecule has 0 unspecified atom stereocenters. The van der Waals surface area contributed by atoms with Crippen molar-refractivity contribution in [2.45, 2.75) is 50.6 Å². The molecule has 8 heteroatoms. The average Bonchev–Trinajstić information content (AvgIpc) is 3.13. The van der Waals surface area contributed by atoms with Crippen molar-refractivity contribution in [3.05, 3.63) is 35.5 Å². The molecule has 4 nitrogen and oxygen atoms in total. The molecular weight excluding hydrogens is 364 g/mol. The lowest BCUT2D eigenvalue weighted by atomic mass is 9.77. The average molecular weight is 386 g/mol. The van der Waals surface area contributed by atoms with Gasteiger partial charge in [-0.1, -0.05) is 11.2 Å². The molecule has 27 heavy (non-hydrogen) atoms. The number of hydrogen-bond acceptors (Lipinski definition) is 4. The summed E-state index contributed by atoms with van der Waals surface area (Å²) in [5, 5.41) is 3.25. The van der Waals surface area contributed by atoms with Gasteiger partial charge in [-0.2, -0.15) is 18.2 Å². The Kier molecular flexibility index (Phi) is 6.14. The number of halogens is 4. The van der Waals surface area contributed by atoms with E-state index in [1.54, 1.807) is 13.2 Å². The van der Waals surface area contributed by atoms with Crippen LogP contribution in [0.2, 0.25) is 0 Å². The van der Waals surface area contributed by atoms with Crippen molar-refractivity contribution in [2.24, 2.45) is 5.92 Å². The number of hydrogen-bond donors (Lipinski definition) is 0. The number of methoxy groups -OCH3 is 1. The fraction of sp³-hybridized carbons (Fsp3) is 0.579. The van der Waals surface area contributed by atoms with Crippen molar-refractivity contribution in [1.82, 2.24) is 10.1 Å². The molecular formula is C19H22F4N2O2. The van der Waals surface area contributed by atoms with Crippen LogP contribution in [-0.2, 0) is 10.9 Å². The van der Waals surface area contributed by atoms with Crippen LogP contribution in [0.1, 0.15) is 55.9 Å². The second kappa shape index (κ2) is 8.37. The van der Waals surface area contributed by atoms with Gasteiger partial charge in [-0.3, -0.25) is 0 Å². The predicted molar refractivity (Wildman–Crippen MR) is 90.5 cm³/mol. The monoisotopic (exact) mass is 386 g/mol. The van der Waals surface area contributed by atoms with Crippen LogP contribution in [0.4, 0.5) is 17.6 Å². The van der Waals surface area contributed by atoms with Crippen LogP contribution in [0.15, 0.2) is 22.7 Å². The summed E-state index contributed by atoms with van der Waals surface area (Å²) < 4.78 is 61.4. The van der Waals surface area contributed by atoms with Crippen LogP contribution in [0.5, 0.6) is 0 Å². The highest BCUT2D eigenvalue weighted by Crippen LogP contribution is 2.38. The van der Waals surface area contributed by atoms with E-state index < -0.39 is 23.7 Å². The van der Waals surface area contributed by atoms with E-state index >= 15 is 0 Å². The maximum atomic E-state index is 14.5. The SMILES string of the molecule is COCCCC1CCC(c2ccc(-c3noc(C(F)(F)F)n3)c(F)c2)CC1. The summed E-state index contributed by atoms with van der Waals surface area (Å²) in [5.74, 6) is -1.56. The van der Waals surface area contributed by atoms with Crippen LogP contribution in [-0.4, -0.2) is 23.9 Å². The van der Waals surface area contributed by atoms with Gasteiger partial charge in [0.1, 0.15) is 5.82 Å². The smallest absolute Gasteiger partial charge is 0.385 e. The maximum absolute atomic E-state index is 14.5. The Balaban J connectivity index is 1.65. The van der Waals surface area contributed by atoms with E-state index in [1.165, 1.54) is 12.1 Å². The molecule has 0 saturated heterocycles. The highest BCUT2D eigenvalue weighted by atomic mass is 19.4. The quantitative estimate of drug-likeness (QED) is 0.479. The van der Waals surface area contributed by atoms with Gasteiger partial charge in [-0.15, -0.1) is 0 Å². The van der Waals surface area contributed by atoms with Crippen LogP contribution < -0.4 is 0 Å². The molecule has 1 aromatic carbocycles. The topological polar surface area (TPSA) is 48.2 Å². The van der Waals surface area contributed by atoms with Gasteiger partial charge in [0.2, 0.25) is 5.82 Å². The van der Waals surface area contributed by atoms with Crippen molar-refractivity contribution in [1.29, 1.82) is 0 Å². The number of ether oxygens (including phenoxy) is 1. The van der Waals surface area contributed by atoms with E-state index in [4.69, 9.17) is 4.74 Å². The van der Waals surface area contributed by atoms with Gasteiger partial charge < -0.3 is 9.26 Å². The van der Waals surface area contributed by atoms with E-state index in [1.807, 2.05) is 0 Å². The molecule has 0 radical (unpaired) electrons. The van der Waals surface area contributed by atoms with Crippen LogP contribution in [0.25, 0.3) is 11.4 Å². The molecule has 2 aromatic rings. The Labute approximate surface area is 154 Å². The van der Waals surface area contributed by atoms with E-state index in [-0.39, 0.29) is 11.5 Å². The predicted octanol–water partition coefficient (Wildman–Crippen LogP) is 5.59. The molecule has 1 aliphatic carbocycles.